The standard InChI is InChI=1S/C10H19NO4/c1-4-5-6-11(7(2)9(12)13)8(3)10(14)15/h7-8H,4-6H2,1-3H3,(H,12,13)(H,14,15)/t7-,8-/m0/s1. The molecule has 0 aromatic rings. The van der Waals surface area contributed by atoms with Gasteiger partial charge < -0.3 is 10.2 Å². The van der Waals surface area contributed by atoms with E-state index in [1.54, 1.807) is 0 Å². The maximum Gasteiger partial charge on any atom is 0.320 e. The van der Waals surface area contributed by atoms with Crippen molar-refractivity contribution in [3.05, 3.63) is 0 Å². The van der Waals surface area contributed by atoms with Crippen LogP contribution in [0.5, 0.6) is 0 Å². The molecule has 0 saturated heterocycles. The molecule has 0 spiro atoms. The van der Waals surface area contributed by atoms with Crippen LogP contribution in [0.15, 0.2) is 0 Å². The average molecular weight is 217 g/mol. The molecule has 5 nitrogen and oxygen atoms in total. The summed E-state index contributed by atoms with van der Waals surface area (Å²) in [5.41, 5.74) is 0. The number of rotatable bonds is 7. The maximum absolute atomic E-state index is 10.8. The summed E-state index contributed by atoms with van der Waals surface area (Å²) in [6, 6.07) is -1.52. The Labute approximate surface area is 89.7 Å². The number of carboxylic acid groups (broad SMARTS) is 2. The van der Waals surface area contributed by atoms with Gasteiger partial charge in [-0.25, -0.2) is 0 Å². The molecule has 0 aliphatic carbocycles. The zero-order valence-corrected chi connectivity index (χ0v) is 9.43. The van der Waals surface area contributed by atoms with Crippen molar-refractivity contribution in [1.82, 2.24) is 4.90 Å². The summed E-state index contributed by atoms with van der Waals surface area (Å²) in [5.74, 6) is -1.97. The minimum Gasteiger partial charge on any atom is -0.480 e. The smallest absolute Gasteiger partial charge is 0.320 e. The third-order valence-electron chi connectivity index (χ3n) is 2.48. The first-order valence-corrected chi connectivity index (χ1v) is 5.13. The summed E-state index contributed by atoms with van der Waals surface area (Å²) in [4.78, 5) is 23.1. The fourth-order valence-electron chi connectivity index (χ4n) is 1.35. The fraction of sp³-hybridized carbons (Fsp3) is 0.800. The van der Waals surface area contributed by atoms with Crippen LogP contribution < -0.4 is 0 Å². The van der Waals surface area contributed by atoms with Gasteiger partial charge in [0.1, 0.15) is 12.1 Å². The topological polar surface area (TPSA) is 77.8 Å². The number of carbonyl (C=O) groups is 2. The molecule has 0 aliphatic heterocycles. The van der Waals surface area contributed by atoms with Gasteiger partial charge in [-0.2, -0.15) is 0 Å². The Morgan fingerprint density at radius 2 is 1.53 bits per heavy atom. The van der Waals surface area contributed by atoms with Gasteiger partial charge in [0.25, 0.3) is 0 Å². The van der Waals surface area contributed by atoms with E-state index < -0.39 is 24.0 Å². The predicted molar refractivity (Wildman–Crippen MR) is 55.8 cm³/mol. The Bertz CT molecular complexity index is 209. The van der Waals surface area contributed by atoms with Gasteiger partial charge in [0.2, 0.25) is 0 Å². The molecular formula is C10H19NO4. The molecule has 2 N–H and O–H groups in total. The molecule has 0 unspecified atom stereocenters. The zero-order valence-electron chi connectivity index (χ0n) is 9.43. The van der Waals surface area contributed by atoms with Crippen molar-refractivity contribution in [3.8, 4) is 0 Å². The highest BCUT2D eigenvalue weighted by molar-refractivity contribution is 5.76. The SMILES string of the molecule is CCCCN([C@@H](C)C(=O)O)[C@@H](C)C(=O)O. The van der Waals surface area contributed by atoms with Crippen molar-refractivity contribution in [3.63, 3.8) is 0 Å². The molecule has 0 fully saturated rings. The van der Waals surface area contributed by atoms with Crippen molar-refractivity contribution >= 4 is 11.9 Å². The normalized spacial score (nSPS) is 14.9. The number of hydrogen-bond donors (Lipinski definition) is 2. The highest BCUT2D eigenvalue weighted by atomic mass is 16.4. The number of aliphatic carboxylic acids is 2. The molecule has 0 amide bonds. The molecule has 0 heterocycles. The quantitative estimate of drug-likeness (QED) is 0.666. The molecule has 0 aromatic carbocycles. The van der Waals surface area contributed by atoms with E-state index in [1.807, 2.05) is 6.92 Å². The van der Waals surface area contributed by atoms with Gasteiger partial charge in [0, 0.05) is 0 Å². The van der Waals surface area contributed by atoms with E-state index >= 15 is 0 Å². The maximum atomic E-state index is 10.8. The predicted octanol–water partition coefficient (Wildman–Crippen LogP) is 1.03. The van der Waals surface area contributed by atoms with E-state index in [1.165, 1.54) is 18.7 Å². The van der Waals surface area contributed by atoms with Crippen molar-refractivity contribution in [1.29, 1.82) is 0 Å². The number of unbranched alkanes of at least 4 members (excludes halogenated alkanes) is 1. The van der Waals surface area contributed by atoms with Crippen molar-refractivity contribution < 1.29 is 19.8 Å². The van der Waals surface area contributed by atoms with E-state index in [9.17, 15) is 9.59 Å². The summed E-state index contributed by atoms with van der Waals surface area (Å²) in [7, 11) is 0. The van der Waals surface area contributed by atoms with Crippen molar-refractivity contribution in [2.45, 2.75) is 45.7 Å². The summed E-state index contributed by atoms with van der Waals surface area (Å²) in [5, 5.41) is 17.7. The lowest BCUT2D eigenvalue weighted by Gasteiger charge is -2.29. The molecule has 0 aromatic heterocycles. The third-order valence-corrected chi connectivity index (χ3v) is 2.48. The lowest BCUT2D eigenvalue weighted by Crippen LogP contribution is -2.48. The van der Waals surface area contributed by atoms with E-state index in [0.717, 1.165) is 12.8 Å². The monoisotopic (exact) mass is 217 g/mol. The molecule has 0 aliphatic rings. The van der Waals surface area contributed by atoms with Crippen LogP contribution in [0.2, 0.25) is 0 Å². The van der Waals surface area contributed by atoms with Crippen LogP contribution in [0.1, 0.15) is 33.6 Å². The highest BCUT2D eigenvalue weighted by Gasteiger charge is 2.28. The molecule has 88 valence electrons. The molecule has 5 heteroatoms. The van der Waals surface area contributed by atoms with Crippen molar-refractivity contribution in [2.24, 2.45) is 0 Å². The van der Waals surface area contributed by atoms with Crippen LogP contribution in [0.25, 0.3) is 0 Å². The van der Waals surface area contributed by atoms with E-state index in [-0.39, 0.29) is 0 Å². The molecule has 0 saturated carbocycles. The van der Waals surface area contributed by atoms with Gasteiger partial charge in [-0.1, -0.05) is 13.3 Å². The first-order chi connectivity index (χ1) is 6.91. The second-order valence-corrected chi connectivity index (χ2v) is 3.62. The van der Waals surface area contributed by atoms with Crippen LogP contribution in [-0.4, -0.2) is 45.7 Å². The molecule has 0 radical (unpaired) electrons. The van der Waals surface area contributed by atoms with Crippen LogP contribution in [0.3, 0.4) is 0 Å². The number of hydrogen-bond acceptors (Lipinski definition) is 3. The Morgan fingerprint density at radius 1 is 1.13 bits per heavy atom. The molecule has 2 atom stereocenters. The Morgan fingerprint density at radius 3 is 1.80 bits per heavy atom. The summed E-state index contributed by atoms with van der Waals surface area (Å²) >= 11 is 0. The van der Waals surface area contributed by atoms with Crippen molar-refractivity contribution in [2.75, 3.05) is 6.54 Å². The zero-order chi connectivity index (χ0) is 12.0. The minimum atomic E-state index is -0.987. The van der Waals surface area contributed by atoms with E-state index in [4.69, 9.17) is 10.2 Å². The average Bonchev–Trinajstić information content (AvgIpc) is 2.17. The summed E-state index contributed by atoms with van der Waals surface area (Å²) in [6.07, 6.45) is 1.71. The van der Waals surface area contributed by atoms with Gasteiger partial charge >= 0.3 is 11.9 Å². The third kappa shape index (κ3) is 4.29. The van der Waals surface area contributed by atoms with Gasteiger partial charge in [0.15, 0.2) is 0 Å². The van der Waals surface area contributed by atoms with Crippen LogP contribution >= 0.6 is 0 Å². The molecule has 0 rings (SSSR count). The largest absolute Gasteiger partial charge is 0.480 e. The lowest BCUT2D eigenvalue weighted by molar-refractivity contribution is -0.149. The van der Waals surface area contributed by atoms with Gasteiger partial charge in [-0.05, 0) is 26.8 Å². The van der Waals surface area contributed by atoms with Gasteiger partial charge in [-0.3, -0.25) is 14.5 Å². The number of carboxylic acids is 2. The van der Waals surface area contributed by atoms with Gasteiger partial charge in [0.05, 0.1) is 0 Å². The Balaban J connectivity index is 4.56. The summed E-state index contributed by atoms with van der Waals surface area (Å²) < 4.78 is 0. The molecular weight excluding hydrogens is 198 g/mol. The molecule has 0 bridgehead atoms. The first-order valence-electron chi connectivity index (χ1n) is 5.13. The van der Waals surface area contributed by atoms with Crippen LogP contribution in [0.4, 0.5) is 0 Å². The molecule has 15 heavy (non-hydrogen) atoms. The Kier molecular flexibility index (Phi) is 5.93. The van der Waals surface area contributed by atoms with Gasteiger partial charge in [-0.15, -0.1) is 0 Å². The minimum absolute atomic E-state index is 0.497. The lowest BCUT2D eigenvalue weighted by atomic mass is 10.1. The second-order valence-electron chi connectivity index (χ2n) is 3.62. The van der Waals surface area contributed by atoms with Crippen LogP contribution in [0, 0.1) is 0 Å². The first kappa shape index (κ1) is 13.9. The fourth-order valence-corrected chi connectivity index (χ4v) is 1.35. The van der Waals surface area contributed by atoms with E-state index in [0.29, 0.717) is 6.54 Å². The Hall–Kier alpha value is -1.10. The number of nitrogens with zero attached hydrogens (tertiary/aromatic N) is 1. The second kappa shape index (κ2) is 6.40. The van der Waals surface area contributed by atoms with Crippen LogP contribution in [-0.2, 0) is 9.59 Å². The summed E-state index contributed by atoms with van der Waals surface area (Å²) in [6.45, 7) is 5.50. The van der Waals surface area contributed by atoms with E-state index in [2.05, 4.69) is 0 Å². The highest BCUT2D eigenvalue weighted by Crippen LogP contribution is 2.08.